The maximum atomic E-state index is 12.6. The summed E-state index contributed by atoms with van der Waals surface area (Å²) in [6.07, 6.45) is 4.83. The summed E-state index contributed by atoms with van der Waals surface area (Å²) in [7, 11) is 0. The van der Waals surface area contributed by atoms with Crippen molar-refractivity contribution in [3.8, 4) is 6.07 Å². The van der Waals surface area contributed by atoms with Crippen LogP contribution in [0.15, 0.2) is 57.2 Å². The lowest BCUT2D eigenvalue weighted by Crippen LogP contribution is -2.21. The lowest BCUT2D eigenvalue weighted by atomic mass is 10.0. The van der Waals surface area contributed by atoms with Crippen LogP contribution in [0, 0.1) is 18.3 Å². The first kappa shape index (κ1) is 22.6. The topological polar surface area (TPSA) is 94.5 Å². The molecular formula is C26H24N2O4. The molecule has 3 aromatic rings. The van der Waals surface area contributed by atoms with Crippen LogP contribution < -0.4 is 10.5 Å². The molecule has 0 aliphatic carbocycles. The molecule has 0 saturated heterocycles. The third-order valence-electron chi connectivity index (χ3n) is 5.37. The number of hydrogen-bond acceptors (Lipinski definition) is 5. The highest BCUT2D eigenvalue weighted by molar-refractivity contribution is 5.96. The van der Waals surface area contributed by atoms with Gasteiger partial charge in [0, 0.05) is 30.2 Å². The van der Waals surface area contributed by atoms with Gasteiger partial charge >= 0.3 is 11.6 Å². The molecule has 1 aromatic heterocycles. The van der Waals surface area contributed by atoms with Gasteiger partial charge in [-0.15, -0.1) is 0 Å². The normalized spacial score (nSPS) is 11.6. The summed E-state index contributed by atoms with van der Waals surface area (Å²) >= 11 is 0. The second-order valence-electron chi connectivity index (χ2n) is 7.26. The Hall–Kier alpha value is -4.11. The van der Waals surface area contributed by atoms with E-state index in [4.69, 9.17) is 14.8 Å². The summed E-state index contributed by atoms with van der Waals surface area (Å²) in [4.78, 5) is 25.8. The maximum absolute atomic E-state index is 12.6. The predicted octanol–water partition coefficient (Wildman–Crippen LogP) is 5.11. The zero-order valence-electron chi connectivity index (χ0n) is 18.3. The number of aryl methyl sites for hydroxylation is 1. The van der Waals surface area contributed by atoms with Gasteiger partial charge in [-0.25, -0.2) is 9.59 Å². The zero-order valence-corrected chi connectivity index (χ0v) is 18.3. The fraction of sp³-hybridized carbons (Fsp3) is 0.192. The summed E-state index contributed by atoms with van der Waals surface area (Å²) in [5.74, 6) is -1.26. The van der Waals surface area contributed by atoms with Gasteiger partial charge in [-0.3, -0.25) is 0 Å². The Morgan fingerprint density at radius 3 is 2.34 bits per heavy atom. The maximum Gasteiger partial charge on any atom is 0.346 e. The van der Waals surface area contributed by atoms with Crippen LogP contribution in [0.1, 0.15) is 36.1 Å². The Labute approximate surface area is 186 Å². The van der Waals surface area contributed by atoms with E-state index in [1.165, 1.54) is 6.08 Å². The molecule has 0 radical (unpaired) electrons. The minimum absolute atomic E-state index is 0.332. The molecule has 0 aliphatic rings. The molecule has 0 saturated carbocycles. The summed E-state index contributed by atoms with van der Waals surface area (Å²) in [5, 5.41) is 18.7. The van der Waals surface area contributed by atoms with Crippen molar-refractivity contribution in [1.82, 2.24) is 0 Å². The average molecular weight is 428 g/mol. The fourth-order valence-corrected chi connectivity index (χ4v) is 3.53. The van der Waals surface area contributed by atoms with Crippen LogP contribution in [0.25, 0.3) is 29.2 Å². The molecule has 162 valence electrons. The first-order valence-corrected chi connectivity index (χ1v) is 10.3. The number of hydrogen-bond donors (Lipinski definition) is 1. The van der Waals surface area contributed by atoms with Crippen molar-refractivity contribution in [2.75, 3.05) is 18.0 Å². The molecule has 0 atom stereocenters. The standard InChI is InChI=1S/C26H24N2O4/c1-4-28(5-2)21-11-13-22-17(3)23(26(31)32-24(22)15-21)12-10-18-6-8-19(9-7-18)14-20(16-27)25(29)30/h6-15H,4-5H2,1-3H3,(H,29,30)/b12-10+,20-14?. The minimum Gasteiger partial charge on any atom is -0.477 e. The van der Waals surface area contributed by atoms with Gasteiger partial charge in [-0.2, -0.15) is 5.26 Å². The van der Waals surface area contributed by atoms with E-state index in [0.717, 1.165) is 35.3 Å². The number of nitriles is 1. The molecular weight excluding hydrogens is 404 g/mol. The molecule has 1 heterocycles. The molecule has 0 fully saturated rings. The third-order valence-corrected chi connectivity index (χ3v) is 5.37. The molecule has 2 aromatic carbocycles. The molecule has 0 aliphatic heterocycles. The predicted molar refractivity (Wildman–Crippen MR) is 127 cm³/mol. The Bertz CT molecular complexity index is 1300. The highest BCUT2D eigenvalue weighted by atomic mass is 16.4. The number of nitrogens with zero attached hydrogens (tertiary/aromatic N) is 2. The minimum atomic E-state index is -1.26. The van der Waals surface area contributed by atoms with E-state index in [-0.39, 0.29) is 5.57 Å². The van der Waals surface area contributed by atoms with Gasteiger partial charge in [0.15, 0.2) is 0 Å². The van der Waals surface area contributed by atoms with Crippen molar-refractivity contribution >= 4 is 40.9 Å². The largest absolute Gasteiger partial charge is 0.477 e. The van der Waals surface area contributed by atoms with Gasteiger partial charge in [0.1, 0.15) is 17.2 Å². The van der Waals surface area contributed by atoms with Crippen LogP contribution in [0.2, 0.25) is 0 Å². The van der Waals surface area contributed by atoms with Crippen molar-refractivity contribution in [3.63, 3.8) is 0 Å². The number of benzene rings is 2. The van der Waals surface area contributed by atoms with E-state index in [2.05, 4.69) is 18.7 Å². The summed E-state index contributed by atoms with van der Waals surface area (Å²) < 4.78 is 5.61. The average Bonchev–Trinajstić information content (AvgIpc) is 2.78. The van der Waals surface area contributed by atoms with Gasteiger partial charge < -0.3 is 14.4 Å². The van der Waals surface area contributed by atoms with Gasteiger partial charge in [0.25, 0.3) is 0 Å². The highest BCUT2D eigenvalue weighted by Gasteiger charge is 2.11. The molecule has 3 rings (SSSR count). The first-order valence-electron chi connectivity index (χ1n) is 10.3. The Morgan fingerprint density at radius 1 is 1.09 bits per heavy atom. The molecule has 0 spiro atoms. The van der Waals surface area contributed by atoms with Crippen molar-refractivity contribution < 1.29 is 14.3 Å². The van der Waals surface area contributed by atoms with Crippen LogP contribution in [0.3, 0.4) is 0 Å². The van der Waals surface area contributed by atoms with E-state index >= 15 is 0 Å². The molecule has 1 N–H and O–H groups in total. The smallest absolute Gasteiger partial charge is 0.346 e. The second-order valence-corrected chi connectivity index (χ2v) is 7.26. The highest BCUT2D eigenvalue weighted by Crippen LogP contribution is 2.26. The van der Waals surface area contributed by atoms with Crippen LogP contribution >= 0.6 is 0 Å². The Morgan fingerprint density at radius 2 is 1.75 bits per heavy atom. The van der Waals surface area contributed by atoms with Crippen LogP contribution in [-0.2, 0) is 4.79 Å². The van der Waals surface area contributed by atoms with E-state index in [9.17, 15) is 9.59 Å². The van der Waals surface area contributed by atoms with Crippen molar-refractivity contribution in [2.45, 2.75) is 20.8 Å². The number of anilines is 1. The number of carboxylic acid groups (broad SMARTS) is 1. The van der Waals surface area contributed by atoms with E-state index in [1.807, 2.05) is 25.1 Å². The van der Waals surface area contributed by atoms with E-state index in [1.54, 1.807) is 42.5 Å². The van der Waals surface area contributed by atoms with Gasteiger partial charge in [-0.1, -0.05) is 30.3 Å². The zero-order chi connectivity index (χ0) is 23.3. The third kappa shape index (κ3) is 4.79. The molecule has 6 heteroatoms. The van der Waals surface area contributed by atoms with E-state index < -0.39 is 11.6 Å². The van der Waals surface area contributed by atoms with Crippen molar-refractivity contribution in [1.29, 1.82) is 5.26 Å². The molecule has 32 heavy (non-hydrogen) atoms. The number of aliphatic carboxylic acids is 1. The first-order chi connectivity index (χ1) is 15.4. The van der Waals surface area contributed by atoms with Gasteiger partial charge in [0.05, 0.1) is 5.56 Å². The van der Waals surface area contributed by atoms with Crippen LogP contribution in [-0.4, -0.2) is 24.2 Å². The Kier molecular flexibility index (Phi) is 6.91. The summed E-state index contributed by atoms with van der Waals surface area (Å²) in [5.41, 5.74) is 3.61. The quantitative estimate of drug-likeness (QED) is 0.319. The number of carboxylic acids is 1. The van der Waals surface area contributed by atoms with Gasteiger partial charge in [0.2, 0.25) is 0 Å². The summed E-state index contributed by atoms with van der Waals surface area (Å²) in [6.45, 7) is 7.81. The van der Waals surface area contributed by atoms with E-state index in [0.29, 0.717) is 16.7 Å². The fourth-order valence-electron chi connectivity index (χ4n) is 3.53. The molecule has 6 nitrogen and oxygen atoms in total. The van der Waals surface area contributed by atoms with Crippen LogP contribution in [0.5, 0.6) is 0 Å². The lowest BCUT2D eigenvalue weighted by molar-refractivity contribution is -0.132. The van der Waals surface area contributed by atoms with Crippen LogP contribution in [0.4, 0.5) is 5.69 Å². The number of rotatable bonds is 7. The van der Waals surface area contributed by atoms with Crippen molar-refractivity contribution in [3.05, 3.63) is 80.7 Å². The Balaban J connectivity index is 1.92. The second kappa shape index (κ2) is 9.80. The van der Waals surface area contributed by atoms with Crippen molar-refractivity contribution in [2.24, 2.45) is 0 Å². The molecule has 0 unspecified atom stereocenters. The number of fused-ring (bicyclic) bond motifs is 1. The molecule has 0 bridgehead atoms. The monoisotopic (exact) mass is 428 g/mol. The SMILES string of the molecule is CCN(CC)c1ccc2c(C)c(/C=C/c3ccc(C=C(C#N)C(=O)O)cc3)c(=O)oc2c1. The molecule has 0 amide bonds. The van der Waals surface area contributed by atoms with Gasteiger partial charge in [-0.05, 0) is 61.7 Å². The lowest BCUT2D eigenvalue weighted by Gasteiger charge is -2.21. The summed E-state index contributed by atoms with van der Waals surface area (Å²) in [6, 6.07) is 14.6. The number of carbonyl (C=O) groups is 1.